The Morgan fingerprint density at radius 1 is 1.10 bits per heavy atom. The van der Waals surface area contributed by atoms with Crippen molar-refractivity contribution in [3.63, 3.8) is 0 Å². The van der Waals surface area contributed by atoms with Gasteiger partial charge >= 0.3 is 0 Å². The lowest BCUT2D eigenvalue weighted by atomic mass is 10.0. The molecule has 120 valence electrons. The van der Waals surface area contributed by atoms with E-state index in [1.165, 1.54) is 5.56 Å². The molecule has 1 rings (SSSR count). The SMILES string of the molecule is CCCS(=O)(=O)NCC(c1ccc(C)cc1)N(CC)CC. The first kappa shape index (κ1) is 18.1. The standard InChI is InChI=1S/C16H28N2O2S/c1-5-12-21(19,20)17-13-16(18(6-2)7-3)15-10-8-14(4)9-11-15/h8-11,16-17H,5-7,12-13H2,1-4H3. The molecule has 0 heterocycles. The molecule has 0 aliphatic rings. The van der Waals surface area contributed by atoms with Crippen molar-refractivity contribution in [3.05, 3.63) is 35.4 Å². The highest BCUT2D eigenvalue weighted by Crippen LogP contribution is 2.20. The molecular formula is C16H28N2O2S. The number of likely N-dealkylation sites (N-methyl/N-ethyl adjacent to an activating group) is 1. The summed E-state index contributed by atoms with van der Waals surface area (Å²) < 4.78 is 26.5. The Labute approximate surface area is 129 Å². The van der Waals surface area contributed by atoms with E-state index in [0.29, 0.717) is 13.0 Å². The molecule has 4 nitrogen and oxygen atoms in total. The summed E-state index contributed by atoms with van der Waals surface area (Å²) in [5.74, 6) is 0.186. The maximum atomic E-state index is 11.9. The largest absolute Gasteiger partial charge is 0.296 e. The topological polar surface area (TPSA) is 49.4 Å². The predicted octanol–water partition coefficient (Wildman–Crippen LogP) is 2.71. The fraction of sp³-hybridized carbons (Fsp3) is 0.625. The second kappa shape index (κ2) is 8.51. The van der Waals surface area contributed by atoms with Gasteiger partial charge in [-0.05, 0) is 32.0 Å². The molecule has 0 aliphatic carbocycles. The number of hydrogen-bond acceptors (Lipinski definition) is 3. The highest BCUT2D eigenvalue weighted by molar-refractivity contribution is 7.89. The summed E-state index contributed by atoms with van der Waals surface area (Å²) >= 11 is 0. The van der Waals surface area contributed by atoms with Crippen LogP contribution in [0.15, 0.2) is 24.3 Å². The average molecular weight is 312 g/mol. The van der Waals surface area contributed by atoms with Crippen molar-refractivity contribution >= 4 is 10.0 Å². The van der Waals surface area contributed by atoms with Gasteiger partial charge < -0.3 is 0 Å². The third kappa shape index (κ3) is 5.77. The molecule has 1 aromatic carbocycles. The summed E-state index contributed by atoms with van der Waals surface area (Å²) in [5.41, 5.74) is 2.37. The van der Waals surface area contributed by atoms with Crippen LogP contribution in [-0.4, -0.2) is 38.7 Å². The molecule has 0 aromatic heterocycles. The van der Waals surface area contributed by atoms with Crippen LogP contribution in [0.2, 0.25) is 0 Å². The monoisotopic (exact) mass is 312 g/mol. The van der Waals surface area contributed by atoms with Gasteiger partial charge in [0.15, 0.2) is 0 Å². The average Bonchev–Trinajstić information content (AvgIpc) is 2.44. The van der Waals surface area contributed by atoms with Crippen molar-refractivity contribution in [1.29, 1.82) is 0 Å². The zero-order chi connectivity index (χ0) is 15.9. The van der Waals surface area contributed by atoms with Crippen molar-refractivity contribution < 1.29 is 8.42 Å². The molecular weight excluding hydrogens is 284 g/mol. The van der Waals surface area contributed by atoms with E-state index >= 15 is 0 Å². The summed E-state index contributed by atoms with van der Waals surface area (Å²) in [6.07, 6.45) is 0.635. The van der Waals surface area contributed by atoms with Crippen molar-refractivity contribution in [3.8, 4) is 0 Å². The molecule has 0 amide bonds. The molecule has 1 atom stereocenters. The molecule has 5 heteroatoms. The van der Waals surface area contributed by atoms with E-state index in [1.54, 1.807) is 0 Å². The number of sulfonamides is 1. The summed E-state index contributed by atoms with van der Waals surface area (Å²) in [7, 11) is -3.17. The minimum atomic E-state index is -3.17. The van der Waals surface area contributed by atoms with Crippen LogP contribution in [0.3, 0.4) is 0 Å². The van der Waals surface area contributed by atoms with Gasteiger partial charge in [0, 0.05) is 12.6 Å². The molecule has 0 radical (unpaired) electrons. The van der Waals surface area contributed by atoms with E-state index in [0.717, 1.165) is 18.7 Å². The van der Waals surface area contributed by atoms with E-state index in [-0.39, 0.29) is 11.8 Å². The Morgan fingerprint density at radius 2 is 1.67 bits per heavy atom. The Bertz CT molecular complexity index is 508. The van der Waals surface area contributed by atoms with Crippen LogP contribution in [0.4, 0.5) is 0 Å². The smallest absolute Gasteiger partial charge is 0.211 e. The van der Waals surface area contributed by atoms with E-state index in [4.69, 9.17) is 0 Å². The van der Waals surface area contributed by atoms with Crippen molar-refractivity contribution in [2.45, 2.75) is 40.2 Å². The van der Waals surface area contributed by atoms with Crippen molar-refractivity contribution in [2.24, 2.45) is 0 Å². The third-order valence-electron chi connectivity index (χ3n) is 3.68. The molecule has 21 heavy (non-hydrogen) atoms. The third-order valence-corrected chi connectivity index (χ3v) is 5.24. The number of benzene rings is 1. The first-order chi connectivity index (χ1) is 9.93. The number of nitrogens with zero attached hydrogens (tertiary/aromatic N) is 1. The van der Waals surface area contributed by atoms with Gasteiger partial charge in [-0.2, -0.15) is 0 Å². The lowest BCUT2D eigenvalue weighted by Gasteiger charge is -2.30. The molecule has 0 saturated carbocycles. The van der Waals surface area contributed by atoms with Crippen LogP contribution in [0, 0.1) is 6.92 Å². The first-order valence-corrected chi connectivity index (χ1v) is 9.36. The number of aryl methyl sites for hydroxylation is 1. The van der Waals surface area contributed by atoms with Crippen molar-refractivity contribution in [2.75, 3.05) is 25.4 Å². The van der Waals surface area contributed by atoms with Gasteiger partial charge in [-0.1, -0.05) is 50.6 Å². The predicted molar refractivity (Wildman–Crippen MR) is 88.9 cm³/mol. The van der Waals surface area contributed by atoms with Gasteiger partial charge in [-0.15, -0.1) is 0 Å². The van der Waals surface area contributed by atoms with E-state index in [9.17, 15) is 8.42 Å². The van der Waals surface area contributed by atoms with Gasteiger partial charge in [-0.3, -0.25) is 4.90 Å². The Hall–Kier alpha value is -0.910. The van der Waals surface area contributed by atoms with Crippen LogP contribution in [0.5, 0.6) is 0 Å². The van der Waals surface area contributed by atoms with Crippen LogP contribution in [0.1, 0.15) is 44.4 Å². The normalized spacial score (nSPS) is 13.6. The van der Waals surface area contributed by atoms with Crippen LogP contribution in [-0.2, 0) is 10.0 Å². The number of rotatable bonds is 9. The Balaban J connectivity index is 2.90. The van der Waals surface area contributed by atoms with Gasteiger partial charge in [0.1, 0.15) is 0 Å². The number of nitrogens with one attached hydrogen (secondary N) is 1. The summed E-state index contributed by atoms with van der Waals surface area (Å²) in [4.78, 5) is 2.28. The lowest BCUT2D eigenvalue weighted by molar-refractivity contribution is 0.220. The van der Waals surface area contributed by atoms with Gasteiger partial charge in [0.05, 0.1) is 5.75 Å². The minimum absolute atomic E-state index is 0.0761. The number of hydrogen-bond donors (Lipinski definition) is 1. The van der Waals surface area contributed by atoms with Crippen LogP contribution >= 0.6 is 0 Å². The maximum Gasteiger partial charge on any atom is 0.211 e. The Kier molecular flexibility index (Phi) is 7.35. The van der Waals surface area contributed by atoms with E-state index in [2.05, 4.69) is 54.7 Å². The maximum absolute atomic E-state index is 11.9. The zero-order valence-electron chi connectivity index (χ0n) is 13.6. The molecule has 0 spiro atoms. The van der Waals surface area contributed by atoms with Gasteiger partial charge in [0.25, 0.3) is 0 Å². The molecule has 0 bridgehead atoms. The first-order valence-electron chi connectivity index (χ1n) is 7.71. The molecule has 0 aliphatic heterocycles. The summed E-state index contributed by atoms with van der Waals surface area (Å²) in [5, 5.41) is 0. The fourth-order valence-electron chi connectivity index (χ4n) is 2.46. The summed E-state index contributed by atoms with van der Waals surface area (Å²) in [6, 6.07) is 8.41. The fourth-order valence-corrected chi connectivity index (χ4v) is 3.55. The van der Waals surface area contributed by atoms with Gasteiger partial charge in [-0.25, -0.2) is 13.1 Å². The molecule has 1 unspecified atom stereocenters. The molecule has 0 saturated heterocycles. The quantitative estimate of drug-likeness (QED) is 0.763. The Morgan fingerprint density at radius 3 is 2.14 bits per heavy atom. The second-order valence-corrected chi connectivity index (χ2v) is 7.24. The molecule has 0 fully saturated rings. The second-order valence-electron chi connectivity index (χ2n) is 5.32. The summed E-state index contributed by atoms with van der Waals surface area (Å²) in [6.45, 7) is 10.3. The minimum Gasteiger partial charge on any atom is -0.296 e. The molecule has 1 N–H and O–H groups in total. The van der Waals surface area contributed by atoms with Crippen molar-refractivity contribution in [1.82, 2.24) is 9.62 Å². The van der Waals surface area contributed by atoms with Crippen LogP contribution < -0.4 is 4.72 Å². The van der Waals surface area contributed by atoms with Crippen LogP contribution in [0.25, 0.3) is 0 Å². The van der Waals surface area contributed by atoms with Gasteiger partial charge in [0.2, 0.25) is 10.0 Å². The molecule has 1 aromatic rings. The highest BCUT2D eigenvalue weighted by atomic mass is 32.2. The van der Waals surface area contributed by atoms with E-state index in [1.807, 2.05) is 6.92 Å². The highest BCUT2D eigenvalue weighted by Gasteiger charge is 2.20. The van der Waals surface area contributed by atoms with E-state index < -0.39 is 10.0 Å². The zero-order valence-corrected chi connectivity index (χ0v) is 14.4. The lowest BCUT2D eigenvalue weighted by Crippen LogP contribution is -2.38.